The van der Waals surface area contributed by atoms with Gasteiger partial charge in [0.25, 0.3) is 0 Å². The second kappa shape index (κ2) is 15.4. The number of ether oxygens (including phenoxy) is 1. The number of hydrogen-bond donors (Lipinski definition) is 0. The third-order valence-corrected chi connectivity index (χ3v) is 4.75. The molecular formula is C22H35ClO2. The molecule has 1 unspecified atom stereocenters. The summed E-state index contributed by atoms with van der Waals surface area (Å²) in [6.07, 6.45) is 13.1. The van der Waals surface area contributed by atoms with Crippen LogP contribution in [0.2, 0.25) is 0 Å². The van der Waals surface area contributed by atoms with E-state index in [0.29, 0.717) is 18.9 Å². The van der Waals surface area contributed by atoms with Crippen LogP contribution in [-0.2, 0) is 4.74 Å². The van der Waals surface area contributed by atoms with E-state index in [2.05, 4.69) is 6.92 Å². The summed E-state index contributed by atoms with van der Waals surface area (Å²) in [5.41, 5.74) is 0.797. The largest absolute Gasteiger partial charge is 0.377 e. The van der Waals surface area contributed by atoms with Gasteiger partial charge < -0.3 is 4.74 Å². The van der Waals surface area contributed by atoms with Gasteiger partial charge in [-0.15, -0.1) is 11.6 Å². The number of rotatable bonds is 16. The van der Waals surface area contributed by atoms with Crippen molar-refractivity contribution < 1.29 is 9.53 Å². The molecule has 0 saturated carbocycles. The summed E-state index contributed by atoms with van der Waals surface area (Å²) in [6, 6.07) is 9.53. The van der Waals surface area contributed by atoms with Crippen molar-refractivity contribution in [3.05, 3.63) is 35.9 Å². The molecule has 0 radical (unpaired) electrons. The van der Waals surface area contributed by atoms with E-state index < -0.39 is 0 Å². The van der Waals surface area contributed by atoms with Gasteiger partial charge in [0, 0.05) is 17.9 Å². The maximum Gasteiger partial charge on any atom is 0.162 e. The molecule has 1 aromatic rings. The zero-order valence-corrected chi connectivity index (χ0v) is 16.6. The predicted molar refractivity (Wildman–Crippen MR) is 108 cm³/mol. The lowest BCUT2D eigenvalue weighted by Crippen LogP contribution is -2.16. The SMILES string of the molecule is CCCCCCCCCCC(CCC(=O)c1ccccc1)OCCCl. The lowest BCUT2D eigenvalue weighted by Gasteiger charge is -2.17. The third kappa shape index (κ3) is 11.4. The number of Topliss-reactive ketones (excluding diaryl/α,β-unsaturated/α-hetero) is 1. The summed E-state index contributed by atoms with van der Waals surface area (Å²) in [7, 11) is 0. The average molecular weight is 367 g/mol. The standard InChI is InChI=1S/C22H35ClO2/c1-2-3-4-5-6-7-8-12-15-21(25-19-18-23)16-17-22(24)20-13-10-9-11-14-20/h9-11,13-14,21H,2-8,12,15-19H2,1H3. The van der Waals surface area contributed by atoms with Crippen LogP contribution in [0, 0.1) is 0 Å². The van der Waals surface area contributed by atoms with Crippen molar-refractivity contribution in [3.8, 4) is 0 Å². The molecule has 3 heteroatoms. The lowest BCUT2D eigenvalue weighted by atomic mass is 10.0. The van der Waals surface area contributed by atoms with Crippen LogP contribution in [-0.4, -0.2) is 24.4 Å². The second-order valence-electron chi connectivity index (χ2n) is 6.77. The molecule has 0 aliphatic carbocycles. The number of halogens is 1. The minimum atomic E-state index is 0.159. The van der Waals surface area contributed by atoms with Crippen LogP contribution in [0.4, 0.5) is 0 Å². The molecule has 0 aromatic heterocycles. The van der Waals surface area contributed by atoms with Crippen LogP contribution >= 0.6 is 11.6 Å². The number of hydrogen-bond acceptors (Lipinski definition) is 2. The van der Waals surface area contributed by atoms with Gasteiger partial charge in [-0.2, -0.15) is 0 Å². The zero-order valence-electron chi connectivity index (χ0n) is 15.9. The van der Waals surface area contributed by atoms with Crippen molar-refractivity contribution in [3.63, 3.8) is 0 Å². The number of unbranched alkanes of at least 4 members (excludes halogenated alkanes) is 7. The molecule has 142 valence electrons. The first-order valence-corrected chi connectivity index (χ1v) is 10.6. The number of carbonyl (C=O) groups excluding carboxylic acids is 1. The highest BCUT2D eigenvalue weighted by atomic mass is 35.5. The van der Waals surface area contributed by atoms with E-state index in [0.717, 1.165) is 18.4 Å². The summed E-state index contributed by atoms with van der Waals surface area (Å²) in [4.78, 5) is 12.2. The molecule has 1 rings (SSSR count). The summed E-state index contributed by atoms with van der Waals surface area (Å²) in [5.74, 6) is 0.719. The molecule has 0 saturated heterocycles. The van der Waals surface area contributed by atoms with Gasteiger partial charge in [0.1, 0.15) is 0 Å². The van der Waals surface area contributed by atoms with Gasteiger partial charge in [-0.1, -0.05) is 88.6 Å². The average Bonchev–Trinajstić information content (AvgIpc) is 2.65. The molecule has 0 amide bonds. The highest BCUT2D eigenvalue weighted by molar-refractivity contribution is 6.17. The molecule has 2 nitrogen and oxygen atoms in total. The smallest absolute Gasteiger partial charge is 0.162 e. The van der Waals surface area contributed by atoms with Crippen LogP contribution in [0.5, 0.6) is 0 Å². The van der Waals surface area contributed by atoms with Crippen molar-refractivity contribution >= 4 is 17.4 Å². The Bertz CT molecular complexity index is 433. The van der Waals surface area contributed by atoms with Crippen LogP contribution in [0.25, 0.3) is 0 Å². The molecule has 1 aromatic carbocycles. The summed E-state index contributed by atoms with van der Waals surface area (Å²) >= 11 is 5.76. The van der Waals surface area contributed by atoms with Crippen molar-refractivity contribution in [2.24, 2.45) is 0 Å². The second-order valence-corrected chi connectivity index (χ2v) is 7.15. The maximum absolute atomic E-state index is 12.2. The van der Waals surface area contributed by atoms with Gasteiger partial charge in [-0.05, 0) is 12.8 Å². The van der Waals surface area contributed by atoms with Gasteiger partial charge in [0.2, 0.25) is 0 Å². The Balaban J connectivity index is 2.21. The Hall–Kier alpha value is -0.860. The highest BCUT2D eigenvalue weighted by Gasteiger charge is 2.13. The quantitative estimate of drug-likeness (QED) is 0.182. The molecule has 0 bridgehead atoms. The van der Waals surface area contributed by atoms with E-state index in [4.69, 9.17) is 16.3 Å². The Morgan fingerprint density at radius 1 is 0.960 bits per heavy atom. The summed E-state index contributed by atoms with van der Waals surface area (Å²) in [6.45, 7) is 2.83. The first-order chi connectivity index (χ1) is 12.3. The van der Waals surface area contributed by atoms with E-state index in [1.54, 1.807) is 0 Å². The Labute approximate surface area is 159 Å². The van der Waals surface area contributed by atoms with Gasteiger partial charge in [0.05, 0.1) is 12.7 Å². The van der Waals surface area contributed by atoms with Crippen LogP contribution in [0.3, 0.4) is 0 Å². The molecule has 25 heavy (non-hydrogen) atoms. The first-order valence-electron chi connectivity index (χ1n) is 10.0. The topological polar surface area (TPSA) is 26.3 Å². The maximum atomic E-state index is 12.2. The Morgan fingerprint density at radius 2 is 1.60 bits per heavy atom. The predicted octanol–water partition coefficient (Wildman–Crippen LogP) is 6.80. The van der Waals surface area contributed by atoms with Crippen LogP contribution < -0.4 is 0 Å². The van der Waals surface area contributed by atoms with Gasteiger partial charge >= 0.3 is 0 Å². The van der Waals surface area contributed by atoms with Crippen LogP contribution in [0.1, 0.15) is 87.9 Å². The molecule has 0 fully saturated rings. The monoisotopic (exact) mass is 366 g/mol. The van der Waals surface area contributed by atoms with E-state index in [9.17, 15) is 4.79 Å². The van der Waals surface area contributed by atoms with Gasteiger partial charge in [-0.25, -0.2) is 0 Å². The first kappa shape index (κ1) is 22.2. The Morgan fingerprint density at radius 3 is 2.24 bits per heavy atom. The fourth-order valence-electron chi connectivity index (χ4n) is 3.09. The molecule has 0 aliphatic heterocycles. The Kier molecular flexibility index (Phi) is 13.7. The number of carbonyl (C=O) groups is 1. The minimum absolute atomic E-state index is 0.159. The van der Waals surface area contributed by atoms with Crippen LogP contribution in [0.15, 0.2) is 30.3 Å². The molecule has 1 atom stereocenters. The van der Waals surface area contributed by atoms with Crippen molar-refractivity contribution in [2.45, 2.75) is 83.7 Å². The number of benzene rings is 1. The third-order valence-electron chi connectivity index (χ3n) is 4.60. The van der Waals surface area contributed by atoms with Gasteiger partial charge in [0.15, 0.2) is 5.78 Å². The van der Waals surface area contributed by atoms with Crippen molar-refractivity contribution in [2.75, 3.05) is 12.5 Å². The minimum Gasteiger partial charge on any atom is -0.377 e. The van der Waals surface area contributed by atoms with Crippen molar-refractivity contribution in [1.29, 1.82) is 0 Å². The molecule has 0 aliphatic rings. The highest BCUT2D eigenvalue weighted by Crippen LogP contribution is 2.16. The van der Waals surface area contributed by atoms with E-state index >= 15 is 0 Å². The number of ketones is 1. The normalized spacial score (nSPS) is 12.2. The lowest BCUT2D eigenvalue weighted by molar-refractivity contribution is 0.0473. The fourth-order valence-corrected chi connectivity index (χ4v) is 3.18. The van der Waals surface area contributed by atoms with E-state index in [1.165, 1.54) is 51.4 Å². The molecule has 0 N–H and O–H groups in total. The molecular weight excluding hydrogens is 332 g/mol. The fraction of sp³-hybridized carbons (Fsp3) is 0.682. The molecule has 0 heterocycles. The van der Waals surface area contributed by atoms with E-state index in [1.807, 2.05) is 30.3 Å². The molecule has 0 spiro atoms. The number of alkyl halides is 1. The summed E-state index contributed by atoms with van der Waals surface area (Å²) in [5, 5.41) is 0. The van der Waals surface area contributed by atoms with E-state index in [-0.39, 0.29) is 11.9 Å². The van der Waals surface area contributed by atoms with Gasteiger partial charge in [-0.3, -0.25) is 4.79 Å². The summed E-state index contributed by atoms with van der Waals surface area (Å²) < 4.78 is 5.85. The zero-order chi connectivity index (χ0) is 18.2. The van der Waals surface area contributed by atoms with Crippen molar-refractivity contribution in [1.82, 2.24) is 0 Å².